The van der Waals surface area contributed by atoms with E-state index in [4.69, 9.17) is 4.98 Å². The highest BCUT2D eigenvalue weighted by atomic mass is 16.2. The van der Waals surface area contributed by atoms with Crippen molar-refractivity contribution >= 4 is 16.9 Å². The number of hydrogen-bond acceptors (Lipinski definition) is 2. The van der Waals surface area contributed by atoms with Crippen LogP contribution in [0.25, 0.3) is 11.0 Å². The maximum atomic E-state index is 12.8. The minimum absolute atomic E-state index is 0.105. The average Bonchev–Trinajstić information content (AvgIpc) is 3.32. The predicted octanol–water partition coefficient (Wildman–Crippen LogP) is 5.22. The zero-order chi connectivity index (χ0) is 21.4. The Labute approximate surface area is 183 Å². The first-order valence-corrected chi connectivity index (χ1v) is 10.9. The summed E-state index contributed by atoms with van der Waals surface area (Å²) in [7, 11) is 0. The summed E-state index contributed by atoms with van der Waals surface area (Å²) in [6, 6.07) is 25.1. The minimum Gasteiger partial charge on any atom is -0.338 e. The van der Waals surface area contributed by atoms with E-state index in [-0.39, 0.29) is 11.8 Å². The quantitative estimate of drug-likeness (QED) is 0.453. The molecule has 1 atom stereocenters. The summed E-state index contributed by atoms with van der Waals surface area (Å²) < 4.78 is 2.32. The van der Waals surface area contributed by atoms with Gasteiger partial charge in [0, 0.05) is 32.0 Å². The van der Waals surface area contributed by atoms with Crippen molar-refractivity contribution in [3.05, 3.63) is 101 Å². The molecule has 4 heteroatoms. The molecule has 1 aliphatic heterocycles. The molecule has 1 fully saturated rings. The molecule has 1 unspecified atom stereocenters. The van der Waals surface area contributed by atoms with E-state index in [2.05, 4.69) is 66.9 Å². The van der Waals surface area contributed by atoms with E-state index < -0.39 is 0 Å². The number of fused-ring (bicyclic) bond motifs is 1. The molecule has 0 saturated carbocycles. The highest BCUT2D eigenvalue weighted by Crippen LogP contribution is 2.32. The standard InChI is InChI=1S/C27H27N3O/c1-19-12-13-20(2)22(14-19)18-30-25-11-7-6-10-24(25)28-27(30)23-15-26(31)29(17-23)16-21-8-4-3-5-9-21/h3-14,23H,15-18H2,1-2H3. The maximum absolute atomic E-state index is 12.8. The molecule has 4 nitrogen and oxygen atoms in total. The first kappa shape index (κ1) is 19.6. The Kier molecular flexibility index (Phi) is 5.06. The molecule has 1 amide bonds. The number of likely N-dealkylation sites (tertiary alicyclic amines) is 1. The number of carbonyl (C=O) groups is 1. The van der Waals surface area contributed by atoms with Crippen LogP contribution in [0.3, 0.4) is 0 Å². The fourth-order valence-corrected chi connectivity index (χ4v) is 4.61. The Hall–Kier alpha value is -3.40. The molecule has 1 aliphatic rings. The summed E-state index contributed by atoms with van der Waals surface area (Å²) in [5.41, 5.74) is 7.14. The number of nitrogens with zero attached hydrogens (tertiary/aromatic N) is 3. The van der Waals surface area contributed by atoms with Crippen LogP contribution < -0.4 is 0 Å². The number of imidazole rings is 1. The van der Waals surface area contributed by atoms with Crippen LogP contribution in [-0.2, 0) is 17.9 Å². The van der Waals surface area contributed by atoms with Gasteiger partial charge in [-0.1, -0.05) is 66.2 Å². The Bertz CT molecular complexity index is 1240. The van der Waals surface area contributed by atoms with Crippen LogP contribution in [0.1, 0.15) is 40.4 Å². The van der Waals surface area contributed by atoms with Crippen molar-refractivity contribution in [1.29, 1.82) is 0 Å². The SMILES string of the molecule is Cc1ccc(C)c(Cn2c(C3CC(=O)N(Cc4ccccc4)C3)nc3ccccc32)c1. The highest BCUT2D eigenvalue weighted by Gasteiger charge is 2.34. The van der Waals surface area contributed by atoms with Gasteiger partial charge in [-0.05, 0) is 42.7 Å². The minimum atomic E-state index is 0.105. The Morgan fingerprint density at radius 1 is 0.935 bits per heavy atom. The van der Waals surface area contributed by atoms with Gasteiger partial charge in [-0.15, -0.1) is 0 Å². The lowest BCUT2D eigenvalue weighted by molar-refractivity contribution is -0.128. The molecule has 0 spiro atoms. The van der Waals surface area contributed by atoms with Crippen LogP contribution in [0.5, 0.6) is 0 Å². The lowest BCUT2D eigenvalue weighted by Crippen LogP contribution is -2.24. The molecular weight excluding hydrogens is 382 g/mol. The van der Waals surface area contributed by atoms with Crippen LogP contribution >= 0.6 is 0 Å². The van der Waals surface area contributed by atoms with E-state index in [0.717, 1.165) is 23.4 Å². The summed E-state index contributed by atoms with van der Waals surface area (Å²) in [5.74, 6) is 1.33. The molecule has 1 aromatic heterocycles. The second-order valence-corrected chi connectivity index (χ2v) is 8.64. The van der Waals surface area contributed by atoms with Gasteiger partial charge in [0.2, 0.25) is 5.91 Å². The number of amides is 1. The zero-order valence-electron chi connectivity index (χ0n) is 18.1. The summed E-state index contributed by atoms with van der Waals surface area (Å²) in [6.45, 7) is 6.44. The van der Waals surface area contributed by atoms with Crippen molar-refractivity contribution in [1.82, 2.24) is 14.5 Å². The van der Waals surface area contributed by atoms with Gasteiger partial charge < -0.3 is 9.47 Å². The summed E-state index contributed by atoms with van der Waals surface area (Å²) in [5, 5.41) is 0. The van der Waals surface area contributed by atoms with Crippen molar-refractivity contribution in [2.45, 2.75) is 39.3 Å². The molecule has 0 bridgehead atoms. The number of benzene rings is 3. The molecule has 31 heavy (non-hydrogen) atoms. The van der Waals surface area contributed by atoms with E-state index in [0.29, 0.717) is 19.5 Å². The van der Waals surface area contributed by atoms with E-state index in [1.54, 1.807) is 0 Å². The Morgan fingerprint density at radius 2 is 1.71 bits per heavy atom. The number of para-hydroxylation sites is 2. The molecule has 0 radical (unpaired) electrons. The van der Waals surface area contributed by atoms with Crippen molar-refractivity contribution in [2.75, 3.05) is 6.54 Å². The van der Waals surface area contributed by atoms with Gasteiger partial charge in [0.15, 0.2) is 0 Å². The van der Waals surface area contributed by atoms with Crippen molar-refractivity contribution in [2.24, 2.45) is 0 Å². The van der Waals surface area contributed by atoms with Crippen molar-refractivity contribution in [3.63, 3.8) is 0 Å². The zero-order valence-corrected chi connectivity index (χ0v) is 18.1. The van der Waals surface area contributed by atoms with Crippen LogP contribution in [0.4, 0.5) is 0 Å². The molecule has 4 aromatic rings. The molecule has 0 N–H and O–H groups in total. The van der Waals surface area contributed by atoms with Crippen LogP contribution in [0.2, 0.25) is 0 Å². The third-order valence-corrected chi connectivity index (χ3v) is 6.31. The van der Waals surface area contributed by atoms with Gasteiger partial charge in [-0.3, -0.25) is 4.79 Å². The highest BCUT2D eigenvalue weighted by molar-refractivity contribution is 5.81. The van der Waals surface area contributed by atoms with Crippen LogP contribution in [-0.4, -0.2) is 26.9 Å². The van der Waals surface area contributed by atoms with Gasteiger partial charge in [0.25, 0.3) is 0 Å². The number of aryl methyl sites for hydroxylation is 2. The van der Waals surface area contributed by atoms with Gasteiger partial charge >= 0.3 is 0 Å². The average molecular weight is 410 g/mol. The van der Waals surface area contributed by atoms with E-state index in [1.807, 2.05) is 29.2 Å². The Morgan fingerprint density at radius 3 is 2.55 bits per heavy atom. The second kappa shape index (κ2) is 8.03. The molecule has 0 aliphatic carbocycles. The smallest absolute Gasteiger partial charge is 0.223 e. The third kappa shape index (κ3) is 3.86. The summed E-state index contributed by atoms with van der Waals surface area (Å²) in [4.78, 5) is 19.8. The van der Waals surface area contributed by atoms with Crippen molar-refractivity contribution < 1.29 is 4.79 Å². The lowest BCUT2D eigenvalue weighted by Gasteiger charge is -2.18. The first-order valence-electron chi connectivity index (χ1n) is 10.9. The van der Waals surface area contributed by atoms with E-state index in [1.165, 1.54) is 22.3 Å². The number of rotatable bonds is 5. The number of hydrogen-bond donors (Lipinski definition) is 0. The number of carbonyl (C=O) groups excluding carboxylic acids is 1. The lowest BCUT2D eigenvalue weighted by atomic mass is 10.0. The van der Waals surface area contributed by atoms with E-state index in [9.17, 15) is 4.79 Å². The fraction of sp³-hybridized carbons (Fsp3) is 0.259. The largest absolute Gasteiger partial charge is 0.338 e. The fourth-order valence-electron chi connectivity index (χ4n) is 4.61. The first-order chi connectivity index (χ1) is 15.1. The van der Waals surface area contributed by atoms with Gasteiger partial charge in [-0.2, -0.15) is 0 Å². The topological polar surface area (TPSA) is 38.1 Å². The van der Waals surface area contributed by atoms with Gasteiger partial charge in [0.05, 0.1) is 11.0 Å². The van der Waals surface area contributed by atoms with Crippen LogP contribution in [0, 0.1) is 13.8 Å². The van der Waals surface area contributed by atoms with Gasteiger partial charge in [-0.25, -0.2) is 4.98 Å². The third-order valence-electron chi connectivity index (χ3n) is 6.31. The second-order valence-electron chi connectivity index (χ2n) is 8.64. The monoisotopic (exact) mass is 409 g/mol. The van der Waals surface area contributed by atoms with Crippen LogP contribution in [0.15, 0.2) is 72.8 Å². The molecule has 1 saturated heterocycles. The summed E-state index contributed by atoms with van der Waals surface area (Å²) >= 11 is 0. The number of aromatic nitrogens is 2. The molecule has 3 aromatic carbocycles. The normalized spacial score (nSPS) is 16.4. The molecule has 5 rings (SSSR count). The molecular formula is C27H27N3O. The van der Waals surface area contributed by atoms with Crippen molar-refractivity contribution in [3.8, 4) is 0 Å². The summed E-state index contributed by atoms with van der Waals surface area (Å²) in [6.07, 6.45) is 0.517. The van der Waals surface area contributed by atoms with E-state index >= 15 is 0 Å². The van der Waals surface area contributed by atoms with Gasteiger partial charge in [0.1, 0.15) is 5.82 Å². The Balaban J connectivity index is 1.49. The maximum Gasteiger partial charge on any atom is 0.223 e. The molecule has 156 valence electrons. The molecule has 2 heterocycles. The predicted molar refractivity (Wildman–Crippen MR) is 124 cm³/mol.